The maximum atomic E-state index is 11.5. The molecule has 1 aliphatic rings. The molecule has 17 heavy (non-hydrogen) atoms. The van der Waals surface area contributed by atoms with Gasteiger partial charge in [0.2, 0.25) is 0 Å². The highest BCUT2D eigenvalue weighted by Gasteiger charge is 2.46. The number of carboxylic acid groups (broad SMARTS) is 1. The van der Waals surface area contributed by atoms with Crippen molar-refractivity contribution in [1.29, 1.82) is 0 Å². The number of halogens is 1. The van der Waals surface area contributed by atoms with Gasteiger partial charge in [0.1, 0.15) is 16.5 Å². The van der Waals surface area contributed by atoms with Crippen LogP contribution < -0.4 is 4.90 Å². The maximum Gasteiger partial charge on any atom is 0.329 e. The third kappa shape index (κ3) is 1.95. The van der Waals surface area contributed by atoms with E-state index >= 15 is 0 Å². The van der Waals surface area contributed by atoms with Crippen molar-refractivity contribution < 1.29 is 9.90 Å². The molecule has 0 radical (unpaired) electrons. The molecule has 1 aliphatic heterocycles. The molecule has 2 heterocycles. The Morgan fingerprint density at radius 1 is 1.65 bits per heavy atom. The highest BCUT2D eigenvalue weighted by atomic mass is 35.5. The van der Waals surface area contributed by atoms with Crippen LogP contribution in [0.2, 0.25) is 5.15 Å². The quantitative estimate of drug-likeness (QED) is 0.894. The molecule has 0 saturated carbocycles. The number of carbonyl (C=O) groups is 1. The van der Waals surface area contributed by atoms with Crippen LogP contribution in [0.5, 0.6) is 0 Å². The zero-order valence-corrected chi connectivity index (χ0v) is 10.3. The Labute approximate surface area is 104 Å². The van der Waals surface area contributed by atoms with Crippen molar-refractivity contribution >= 4 is 23.4 Å². The first-order valence-electron chi connectivity index (χ1n) is 5.59. The lowest BCUT2D eigenvalue weighted by Gasteiger charge is -2.34. The molecule has 1 fully saturated rings. The Balaban J connectivity index is 2.40. The number of rotatable bonds is 3. The highest BCUT2D eigenvalue weighted by molar-refractivity contribution is 6.29. The maximum absolute atomic E-state index is 11.5. The third-order valence-corrected chi connectivity index (χ3v) is 3.52. The summed E-state index contributed by atoms with van der Waals surface area (Å²) in [4.78, 5) is 21.4. The SMILES string of the molecule is CCC1(C(=O)O)CCCN1c1cncc(Cl)n1. The molecular formula is C11H14ClN3O2. The molecule has 6 heteroatoms. The van der Waals surface area contributed by atoms with E-state index in [1.54, 1.807) is 11.1 Å². The number of carboxylic acids is 1. The number of anilines is 1. The molecule has 0 aromatic carbocycles. The van der Waals surface area contributed by atoms with Gasteiger partial charge in [0.25, 0.3) is 0 Å². The Hall–Kier alpha value is -1.36. The molecule has 0 bridgehead atoms. The fraction of sp³-hybridized carbons (Fsp3) is 0.545. The molecule has 0 aliphatic carbocycles. The number of aliphatic carboxylic acids is 1. The van der Waals surface area contributed by atoms with Crippen LogP contribution >= 0.6 is 11.6 Å². The highest BCUT2D eigenvalue weighted by Crippen LogP contribution is 2.36. The van der Waals surface area contributed by atoms with Crippen molar-refractivity contribution in [1.82, 2.24) is 9.97 Å². The predicted molar refractivity (Wildman–Crippen MR) is 64.3 cm³/mol. The fourth-order valence-corrected chi connectivity index (χ4v) is 2.56. The van der Waals surface area contributed by atoms with Gasteiger partial charge in [-0.15, -0.1) is 0 Å². The Kier molecular flexibility index (Phi) is 3.19. The van der Waals surface area contributed by atoms with Crippen molar-refractivity contribution in [3.63, 3.8) is 0 Å². The molecular weight excluding hydrogens is 242 g/mol. The van der Waals surface area contributed by atoms with Gasteiger partial charge < -0.3 is 10.0 Å². The van der Waals surface area contributed by atoms with Crippen LogP contribution in [0.15, 0.2) is 12.4 Å². The van der Waals surface area contributed by atoms with Crippen LogP contribution in [0.25, 0.3) is 0 Å². The Morgan fingerprint density at radius 2 is 2.41 bits per heavy atom. The van der Waals surface area contributed by atoms with Crippen LogP contribution in [-0.4, -0.2) is 33.1 Å². The van der Waals surface area contributed by atoms with E-state index in [0.29, 0.717) is 25.2 Å². The summed E-state index contributed by atoms with van der Waals surface area (Å²) in [5, 5.41) is 9.72. The smallest absolute Gasteiger partial charge is 0.329 e. The van der Waals surface area contributed by atoms with Crippen molar-refractivity contribution in [3.05, 3.63) is 17.5 Å². The first kappa shape index (κ1) is 12.1. The lowest BCUT2D eigenvalue weighted by molar-refractivity contribution is -0.143. The Morgan fingerprint density at radius 3 is 3.00 bits per heavy atom. The molecule has 2 rings (SSSR count). The molecule has 0 amide bonds. The topological polar surface area (TPSA) is 66.3 Å². The number of nitrogens with zero attached hydrogens (tertiary/aromatic N) is 3. The molecule has 1 aromatic rings. The van der Waals surface area contributed by atoms with Crippen molar-refractivity contribution in [2.45, 2.75) is 31.7 Å². The normalized spacial score (nSPS) is 24.0. The number of hydrogen-bond acceptors (Lipinski definition) is 4. The van der Waals surface area contributed by atoms with Gasteiger partial charge in [-0.2, -0.15) is 0 Å². The summed E-state index contributed by atoms with van der Waals surface area (Å²) >= 11 is 5.79. The van der Waals surface area contributed by atoms with E-state index < -0.39 is 11.5 Å². The van der Waals surface area contributed by atoms with Crippen LogP contribution in [0, 0.1) is 0 Å². The fourth-order valence-electron chi connectivity index (χ4n) is 2.42. The van der Waals surface area contributed by atoms with Crippen LogP contribution in [0.1, 0.15) is 26.2 Å². The predicted octanol–water partition coefficient (Wildman–Crippen LogP) is 1.96. The molecule has 1 atom stereocenters. The molecule has 1 aromatic heterocycles. The van der Waals surface area contributed by atoms with Gasteiger partial charge in [-0.25, -0.2) is 9.78 Å². The molecule has 0 spiro atoms. The second-order valence-corrected chi connectivity index (χ2v) is 4.53. The zero-order valence-electron chi connectivity index (χ0n) is 9.56. The summed E-state index contributed by atoms with van der Waals surface area (Å²) < 4.78 is 0. The van der Waals surface area contributed by atoms with E-state index in [-0.39, 0.29) is 5.15 Å². The standard InChI is InChI=1S/C11H14ClN3O2/c1-2-11(10(16)17)4-3-5-15(11)9-7-13-6-8(12)14-9/h6-7H,2-5H2,1H3,(H,16,17). The second kappa shape index (κ2) is 4.49. The van der Waals surface area contributed by atoms with E-state index in [0.717, 1.165) is 6.42 Å². The first-order valence-corrected chi connectivity index (χ1v) is 5.96. The molecule has 1 N–H and O–H groups in total. The number of hydrogen-bond donors (Lipinski definition) is 1. The zero-order chi connectivity index (χ0) is 12.5. The van der Waals surface area contributed by atoms with E-state index in [9.17, 15) is 9.90 Å². The van der Waals surface area contributed by atoms with Gasteiger partial charge in [0, 0.05) is 6.54 Å². The summed E-state index contributed by atoms with van der Waals surface area (Å²) in [6, 6.07) is 0. The van der Waals surface area contributed by atoms with E-state index in [2.05, 4.69) is 9.97 Å². The average Bonchev–Trinajstić information content (AvgIpc) is 2.73. The van der Waals surface area contributed by atoms with Crippen LogP contribution in [0.3, 0.4) is 0 Å². The van der Waals surface area contributed by atoms with Gasteiger partial charge in [0.15, 0.2) is 0 Å². The molecule has 5 nitrogen and oxygen atoms in total. The number of aromatic nitrogens is 2. The van der Waals surface area contributed by atoms with Gasteiger partial charge >= 0.3 is 5.97 Å². The second-order valence-electron chi connectivity index (χ2n) is 4.15. The largest absolute Gasteiger partial charge is 0.479 e. The minimum absolute atomic E-state index is 0.282. The minimum Gasteiger partial charge on any atom is -0.479 e. The summed E-state index contributed by atoms with van der Waals surface area (Å²) in [6.07, 6.45) is 5.01. The van der Waals surface area contributed by atoms with Gasteiger partial charge in [-0.3, -0.25) is 4.98 Å². The summed E-state index contributed by atoms with van der Waals surface area (Å²) in [5.74, 6) is -0.265. The third-order valence-electron chi connectivity index (χ3n) is 3.34. The van der Waals surface area contributed by atoms with Gasteiger partial charge in [0.05, 0.1) is 12.4 Å². The summed E-state index contributed by atoms with van der Waals surface area (Å²) in [5.41, 5.74) is -0.862. The molecule has 1 saturated heterocycles. The van der Waals surface area contributed by atoms with Gasteiger partial charge in [-0.05, 0) is 19.3 Å². The molecule has 92 valence electrons. The summed E-state index contributed by atoms with van der Waals surface area (Å²) in [6.45, 7) is 2.56. The lowest BCUT2D eigenvalue weighted by Crippen LogP contribution is -2.50. The van der Waals surface area contributed by atoms with Crippen molar-refractivity contribution in [2.75, 3.05) is 11.4 Å². The molecule has 1 unspecified atom stereocenters. The van der Waals surface area contributed by atoms with E-state index in [1.165, 1.54) is 6.20 Å². The van der Waals surface area contributed by atoms with E-state index in [1.807, 2.05) is 6.92 Å². The van der Waals surface area contributed by atoms with Crippen LogP contribution in [0.4, 0.5) is 5.82 Å². The van der Waals surface area contributed by atoms with E-state index in [4.69, 9.17) is 11.6 Å². The first-order chi connectivity index (χ1) is 8.10. The average molecular weight is 256 g/mol. The minimum atomic E-state index is -0.862. The van der Waals surface area contributed by atoms with Gasteiger partial charge in [-0.1, -0.05) is 18.5 Å². The van der Waals surface area contributed by atoms with Crippen molar-refractivity contribution in [3.8, 4) is 0 Å². The monoisotopic (exact) mass is 255 g/mol. The summed E-state index contributed by atoms with van der Waals surface area (Å²) in [7, 11) is 0. The Bertz CT molecular complexity index is 440. The van der Waals surface area contributed by atoms with Crippen LogP contribution in [-0.2, 0) is 4.79 Å². The van der Waals surface area contributed by atoms with Crippen molar-refractivity contribution in [2.24, 2.45) is 0 Å². The lowest BCUT2D eigenvalue weighted by atomic mass is 9.93.